The summed E-state index contributed by atoms with van der Waals surface area (Å²) < 4.78 is 1.70. The van der Waals surface area contributed by atoms with Crippen molar-refractivity contribution in [3.05, 3.63) is 86.5 Å². The minimum Gasteiger partial charge on any atom is -0.325 e. The Kier molecular flexibility index (Phi) is 6.58. The lowest BCUT2D eigenvalue weighted by Crippen LogP contribution is -2.27. The molecule has 0 radical (unpaired) electrons. The monoisotopic (exact) mass is 503 g/mol. The minimum atomic E-state index is -0.505. The van der Waals surface area contributed by atoms with Gasteiger partial charge in [-0.3, -0.25) is 19.0 Å². The topological polar surface area (TPSA) is 81.1 Å². The number of amides is 1. The van der Waals surface area contributed by atoms with E-state index in [9.17, 15) is 14.4 Å². The molecule has 178 valence electrons. The molecule has 0 saturated heterocycles. The third-order valence-electron chi connectivity index (χ3n) is 6.16. The van der Waals surface area contributed by atoms with Crippen LogP contribution in [0.2, 0.25) is 0 Å². The standard InChI is InChI=1S/C27H25N3O3S2/c1-16(31)19-10-6-11-20(14-19)28-24(32)17(2)34-27-29-25-23(21-12-7-13-22(21)35-25)26(33)30(27)15-18-8-4-3-5-9-18/h3-6,8-11,14,17H,7,12-13,15H2,1-2H3,(H,28,32)/t17-/m0/s1. The van der Waals surface area contributed by atoms with Crippen LogP contribution in [0, 0.1) is 0 Å². The van der Waals surface area contributed by atoms with Gasteiger partial charge in [-0.1, -0.05) is 54.2 Å². The van der Waals surface area contributed by atoms with Crippen molar-refractivity contribution in [2.45, 2.75) is 50.1 Å². The third-order valence-corrected chi connectivity index (χ3v) is 8.44. The fraction of sp³-hybridized carbons (Fsp3) is 0.259. The Hall–Kier alpha value is -3.23. The van der Waals surface area contributed by atoms with Crippen LogP contribution < -0.4 is 10.9 Å². The highest BCUT2D eigenvalue weighted by Gasteiger charge is 2.25. The maximum Gasteiger partial charge on any atom is 0.263 e. The van der Waals surface area contributed by atoms with Crippen LogP contribution in [0.5, 0.6) is 0 Å². The molecule has 1 aliphatic carbocycles. The number of anilines is 1. The van der Waals surface area contributed by atoms with Gasteiger partial charge in [-0.25, -0.2) is 4.98 Å². The van der Waals surface area contributed by atoms with E-state index in [2.05, 4.69) is 5.32 Å². The van der Waals surface area contributed by atoms with Gasteiger partial charge in [0.25, 0.3) is 5.56 Å². The number of ketones is 1. The quantitative estimate of drug-likeness (QED) is 0.210. The Morgan fingerprint density at radius 2 is 1.94 bits per heavy atom. The molecule has 0 unspecified atom stereocenters. The summed E-state index contributed by atoms with van der Waals surface area (Å²) in [4.78, 5) is 45.3. The molecule has 1 N–H and O–H groups in total. The molecular formula is C27H25N3O3S2. The van der Waals surface area contributed by atoms with Crippen LogP contribution in [-0.4, -0.2) is 26.5 Å². The Balaban J connectivity index is 1.47. The number of benzene rings is 2. The third kappa shape index (κ3) is 4.81. The number of thioether (sulfide) groups is 1. The second-order valence-electron chi connectivity index (χ2n) is 8.70. The van der Waals surface area contributed by atoms with E-state index in [1.807, 2.05) is 30.3 Å². The largest absolute Gasteiger partial charge is 0.325 e. The molecule has 4 aromatic rings. The molecule has 2 aromatic heterocycles. The lowest BCUT2D eigenvalue weighted by Gasteiger charge is -2.16. The molecule has 1 amide bonds. The smallest absolute Gasteiger partial charge is 0.263 e. The van der Waals surface area contributed by atoms with E-state index < -0.39 is 5.25 Å². The second-order valence-corrected chi connectivity index (χ2v) is 11.1. The van der Waals surface area contributed by atoms with Crippen molar-refractivity contribution in [3.8, 4) is 0 Å². The number of nitrogens with one attached hydrogen (secondary N) is 1. The van der Waals surface area contributed by atoms with Crippen LogP contribution in [0.1, 0.15) is 46.6 Å². The zero-order valence-corrected chi connectivity index (χ0v) is 21.2. The predicted octanol–water partition coefficient (Wildman–Crippen LogP) is 5.32. The highest BCUT2D eigenvalue weighted by atomic mass is 32.2. The first kappa shape index (κ1) is 23.5. The van der Waals surface area contributed by atoms with E-state index in [1.54, 1.807) is 47.1 Å². The number of hydrogen-bond acceptors (Lipinski definition) is 6. The Labute approximate surface area is 211 Å². The maximum absolute atomic E-state index is 13.7. The first-order chi connectivity index (χ1) is 16.9. The van der Waals surface area contributed by atoms with E-state index in [0.717, 1.165) is 40.6 Å². The number of nitrogens with zero attached hydrogens (tertiary/aromatic N) is 2. The summed E-state index contributed by atoms with van der Waals surface area (Å²) >= 11 is 2.88. The summed E-state index contributed by atoms with van der Waals surface area (Å²) in [6.07, 6.45) is 2.99. The van der Waals surface area contributed by atoms with Crippen molar-refractivity contribution in [3.63, 3.8) is 0 Å². The summed E-state index contributed by atoms with van der Waals surface area (Å²) in [6, 6.07) is 16.7. The Bertz CT molecular complexity index is 1490. The van der Waals surface area contributed by atoms with E-state index in [-0.39, 0.29) is 17.2 Å². The molecule has 0 spiro atoms. The van der Waals surface area contributed by atoms with Gasteiger partial charge in [0.05, 0.1) is 17.2 Å². The number of hydrogen-bond donors (Lipinski definition) is 1. The molecule has 5 rings (SSSR count). The average Bonchev–Trinajstić information content (AvgIpc) is 3.43. The molecule has 8 heteroatoms. The second kappa shape index (κ2) is 9.79. The van der Waals surface area contributed by atoms with Gasteiger partial charge in [0.15, 0.2) is 10.9 Å². The number of aromatic nitrogens is 2. The summed E-state index contributed by atoms with van der Waals surface area (Å²) in [6.45, 7) is 3.69. The van der Waals surface area contributed by atoms with Crippen molar-refractivity contribution < 1.29 is 9.59 Å². The number of thiophene rings is 1. The van der Waals surface area contributed by atoms with Crippen LogP contribution in [0.25, 0.3) is 10.2 Å². The van der Waals surface area contributed by atoms with Crippen molar-refractivity contribution in [1.29, 1.82) is 0 Å². The molecule has 2 heterocycles. The Morgan fingerprint density at radius 3 is 2.71 bits per heavy atom. The van der Waals surface area contributed by atoms with Crippen LogP contribution in [0.4, 0.5) is 5.69 Å². The van der Waals surface area contributed by atoms with Gasteiger partial charge in [0.2, 0.25) is 5.91 Å². The summed E-state index contributed by atoms with van der Waals surface area (Å²) in [5, 5.41) is 3.65. The first-order valence-corrected chi connectivity index (χ1v) is 13.3. The van der Waals surface area contributed by atoms with Crippen molar-refractivity contribution >= 4 is 50.7 Å². The number of fused-ring (bicyclic) bond motifs is 3. The SMILES string of the molecule is CC(=O)c1cccc(NC(=O)[C@H](C)Sc2nc3sc4c(c3c(=O)n2Cc2ccccc2)CCC4)c1. The lowest BCUT2D eigenvalue weighted by molar-refractivity contribution is -0.115. The predicted molar refractivity (Wildman–Crippen MR) is 142 cm³/mol. The number of aryl methyl sites for hydroxylation is 2. The molecule has 2 aromatic carbocycles. The van der Waals surface area contributed by atoms with Crippen LogP contribution >= 0.6 is 23.1 Å². The van der Waals surface area contributed by atoms with Crippen molar-refractivity contribution in [2.24, 2.45) is 0 Å². The average molecular weight is 504 g/mol. The van der Waals surface area contributed by atoms with E-state index in [4.69, 9.17) is 4.98 Å². The fourth-order valence-electron chi connectivity index (χ4n) is 4.33. The van der Waals surface area contributed by atoms with Gasteiger partial charge in [0, 0.05) is 16.1 Å². The number of carbonyl (C=O) groups is 2. The molecule has 0 saturated carbocycles. The molecule has 1 aliphatic rings. The zero-order chi connectivity index (χ0) is 24.5. The lowest BCUT2D eigenvalue weighted by atomic mass is 10.1. The molecule has 0 fully saturated rings. The normalized spacial score (nSPS) is 13.5. The van der Waals surface area contributed by atoms with Crippen LogP contribution in [0.15, 0.2) is 64.5 Å². The van der Waals surface area contributed by atoms with Crippen molar-refractivity contribution in [1.82, 2.24) is 9.55 Å². The highest BCUT2D eigenvalue weighted by molar-refractivity contribution is 8.00. The van der Waals surface area contributed by atoms with E-state index in [0.29, 0.717) is 23.0 Å². The number of rotatable bonds is 7. The summed E-state index contributed by atoms with van der Waals surface area (Å²) in [5.41, 5.74) is 3.22. The van der Waals surface area contributed by atoms with Gasteiger partial charge < -0.3 is 5.32 Å². The molecule has 6 nitrogen and oxygen atoms in total. The van der Waals surface area contributed by atoms with E-state index in [1.165, 1.54) is 23.6 Å². The number of carbonyl (C=O) groups excluding carboxylic acids is 2. The van der Waals surface area contributed by atoms with Crippen molar-refractivity contribution in [2.75, 3.05) is 5.32 Å². The number of Topliss-reactive ketones (excluding diaryl/α,β-unsaturated/α-hetero) is 1. The molecular weight excluding hydrogens is 478 g/mol. The first-order valence-electron chi connectivity index (χ1n) is 11.6. The molecule has 1 atom stereocenters. The van der Waals surface area contributed by atoms with Gasteiger partial charge in [0.1, 0.15) is 4.83 Å². The molecule has 0 aliphatic heterocycles. The molecule has 35 heavy (non-hydrogen) atoms. The van der Waals surface area contributed by atoms with Crippen LogP contribution in [-0.2, 0) is 24.2 Å². The minimum absolute atomic E-state index is 0.0393. The molecule has 0 bridgehead atoms. The Morgan fingerprint density at radius 1 is 1.14 bits per heavy atom. The van der Waals surface area contributed by atoms with Gasteiger partial charge >= 0.3 is 0 Å². The van der Waals surface area contributed by atoms with Crippen LogP contribution in [0.3, 0.4) is 0 Å². The zero-order valence-electron chi connectivity index (χ0n) is 19.5. The fourth-order valence-corrected chi connectivity index (χ4v) is 6.54. The van der Waals surface area contributed by atoms with Gasteiger partial charge in [-0.15, -0.1) is 11.3 Å². The summed E-state index contributed by atoms with van der Waals surface area (Å²) in [7, 11) is 0. The maximum atomic E-state index is 13.7. The van der Waals surface area contributed by atoms with Gasteiger partial charge in [-0.2, -0.15) is 0 Å². The van der Waals surface area contributed by atoms with E-state index >= 15 is 0 Å². The highest BCUT2D eigenvalue weighted by Crippen LogP contribution is 2.36. The summed E-state index contributed by atoms with van der Waals surface area (Å²) in [5.74, 6) is -0.279. The van der Waals surface area contributed by atoms with Gasteiger partial charge in [-0.05, 0) is 56.4 Å².